The van der Waals surface area contributed by atoms with Crippen molar-refractivity contribution in [1.29, 1.82) is 0 Å². The highest BCUT2D eigenvalue weighted by molar-refractivity contribution is 7.14. The van der Waals surface area contributed by atoms with Crippen LogP contribution < -0.4 is 16.4 Å². The lowest BCUT2D eigenvalue weighted by atomic mass is 9.82. The smallest absolute Gasteiger partial charge is 0.246 e. The second kappa shape index (κ2) is 8.62. The summed E-state index contributed by atoms with van der Waals surface area (Å²) < 4.78 is 0. The molecule has 0 aliphatic heterocycles. The molecule has 4 N–H and O–H groups in total. The van der Waals surface area contributed by atoms with Gasteiger partial charge in [0.15, 0.2) is 5.13 Å². The highest BCUT2D eigenvalue weighted by Crippen LogP contribution is 2.29. The fourth-order valence-corrected chi connectivity index (χ4v) is 3.74. The Morgan fingerprint density at radius 1 is 1.12 bits per heavy atom. The van der Waals surface area contributed by atoms with Crippen LogP contribution in [-0.2, 0) is 9.59 Å². The largest absolute Gasteiger partial charge is 0.326 e. The maximum absolute atomic E-state index is 12.5. The molecule has 0 bridgehead atoms. The number of hydrogen-bond acceptors (Lipinski definition) is 5. The van der Waals surface area contributed by atoms with Gasteiger partial charge >= 0.3 is 0 Å². The summed E-state index contributed by atoms with van der Waals surface area (Å²) in [5.41, 5.74) is 7.92. The molecule has 6 nitrogen and oxygen atoms in total. The zero-order chi connectivity index (χ0) is 17.9. The molecule has 140 valence electrons. The zero-order valence-electron chi connectivity index (χ0n) is 14.6. The summed E-state index contributed by atoms with van der Waals surface area (Å²) in [6.45, 7) is 1.47. The minimum atomic E-state index is -0.774. The second-order valence-corrected chi connectivity index (χ2v) is 7.33. The highest BCUT2D eigenvalue weighted by Gasteiger charge is 2.35. The molecule has 1 aliphatic rings. The molecule has 1 fully saturated rings. The van der Waals surface area contributed by atoms with Crippen LogP contribution in [0.5, 0.6) is 0 Å². The molecule has 1 heterocycles. The number of nitrogens with two attached hydrogens (primary N) is 1. The second-order valence-electron chi connectivity index (χ2n) is 6.47. The minimum absolute atomic E-state index is 0. The predicted octanol–water partition coefficient (Wildman–Crippen LogP) is 3.79. The summed E-state index contributed by atoms with van der Waals surface area (Å²) in [5.74, 6) is -0.251. The molecular weight excluding hydrogens is 372 g/mol. The normalized spacial score (nSPS) is 15.6. The first-order valence-corrected chi connectivity index (χ1v) is 9.28. The lowest BCUT2D eigenvalue weighted by Crippen LogP contribution is -2.52. The SMILES string of the molecule is CC(=O)Nc1ccc(-c2csc(NC(=O)C3(N)CCCCC3)n2)cc1.Cl. The average molecular weight is 395 g/mol. The molecule has 3 rings (SSSR count). The number of amides is 2. The van der Waals surface area contributed by atoms with E-state index in [4.69, 9.17) is 5.73 Å². The van der Waals surface area contributed by atoms with Gasteiger partial charge in [0.2, 0.25) is 11.8 Å². The Morgan fingerprint density at radius 2 is 1.77 bits per heavy atom. The van der Waals surface area contributed by atoms with Gasteiger partial charge in [-0.05, 0) is 25.0 Å². The Morgan fingerprint density at radius 3 is 2.38 bits per heavy atom. The first kappa shape index (κ1) is 20.4. The quantitative estimate of drug-likeness (QED) is 0.734. The Labute approximate surface area is 163 Å². The lowest BCUT2D eigenvalue weighted by Gasteiger charge is -2.31. The van der Waals surface area contributed by atoms with E-state index in [0.29, 0.717) is 5.13 Å². The van der Waals surface area contributed by atoms with E-state index in [2.05, 4.69) is 15.6 Å². The van der Waals surface area contributed by atoms with Gasteiger partial charge in [0.25, 0.3) is 0 Å². The van der Waals surface area contributed by atoms with Crippen molar-refractivity contribution in [2.24, 2.45) is 5.73 Å². The molecule has 0 unspecified atom stereocenters. The van der Waals surface area contributed by atoms with E-state index in [-0.39, 0.29) is 24.2 Å². The van der Waals surface area contributed by atoms with Crippen LogP contribution in [0, 0.1) is 0 Å². The molecular formula is C18H23ClN4O2S. The summed E-state index contributed by atoms with van der Waals surface area (Å²) in [6, 6.07) is 7.42. The number of rotatable bonds is 4. The average Bonchev–Trinajstić information content (AvgIpc) is 3.04. The van der Waals surface area contributed by atoms with Gasteiger partial charge in [-0.25, -0.2) is 4.98 Å². The van der Waals surface area contributed by atoms with Crippen molar-refractivity contribution < 1.29 is 9.59 Å². The molecule has 8 heteroatoms. The zero-order valence-corrected chi connectivity index (χ0v) is 16.2. The molecule has 1 aromatic heterocycles. The third kappa shape index (κ3) is 4.81. The Balaban J connectivity index is 0.00000243. The number of benzene rings is 1. The molecule has 1 aliphatic carbocycles. The monoisotopic (exact) mass is 394 g/mol. The van der Waals surface area contributed by atoms with Crippen LogP contribution in [0.2, 0.25) is 0 Å². The van der Waals surface area contributed by atoms with Crippen molar-refractivity contribution in [3.8, 4) is 11.3 Å². The van der Waals surface area contributed by atoms with Gasteiger partial charge in [0.05, 0.1) is 11.2 Å². The Bertz CT molecular complexity index is 770. The highest BCUT2D eigenvalue weighted by atomic mass is 35.5. The lowest BCUT2D eigenvalue weighted by molar-refractivity contribution is -0.122. The van der Waals surface area contributed by atoms with Crippen molar-refractivity contribution in [2.45, 2.75) is 44.6 Å². The van der Waals surface area contributed by atoms with E-state index in [9.17, 15) is 9.59 Å². The van der Waals surface area contributed by atoms with Crippen molar-refractivity contribution in [3.05, 3.63) is 29.6 Å². The fourth-order valence-electron chi connectivity index (χ4n) is 3.02. The van der Waals surface area contributed by atoms with Gasteiger partial charge in [-0.15, -0.1) is 23.7 Å². The maximum Gasteiger partial charge on any atom is 0.246 e. The van der Waals surface area contributed by atoms with E-state index in [1.165, 1.54) is 18.3 Å². The molecule has 1 saturated carbocycles. The maximum atomic E-state index is 12.5. The summed E-state index contributed by atoms with van der Waals surface area (Å²) in [5, 5.41) is 8.05. The molecule has 0 saturated heterocycles. The number of aromatic nitrogens is 1. The van der Waals surface area contributed by atoms with Crippen LogP contribution in [0.15, 0.2) is 29.6 Å². The first-order chi connectivity index (χ1) is 12.0. The number of carbonyl (C=O) groups is 2. The van der Waals surface area contributed by atoms with E-state index >= 15 is 0 Å². The third-order valence-electron chi connectivity index (χ3n) is 4.42. The standard InChI is InChI=1S/C18H22N4O2S.ClH/c1-12(23)20-14-7-5-13(6-8-14)15-11-25-17(21-15)22-16(24)18(19)9-3-2-4-10-18;/h5-8,11H,2-4,9-10,19H2,1H3,(H,20,23)(H,21,22,24);1H. The van der Waals surface area contributed by atoms with Crippen LogP contribution >= 0.6 is 23.7 Å². The van der Waals surface area contributed by atoms with Crippen LogP contribution in [0.3, 0.4) is 0 Å². The van der Waals surface area contributed by atoms with Gasteiger partial charge in [0, 0.05) is 23.6 Å². The molecule has 1 aromatic carbocycles. The predicted molar refractivity (Wildman–Crippen MR) is 108 cm³/mol. The number of nitrogens with one attached hydrogen (secondary N) is 2. The molecule has 2 amide bonds. The number of thiazole rings is 1. The van der Waals surface area contributed by atoms with Crippen molar-refractivity contribution in [2.75, 3.05) is 10.6 Å². The number of halogens is 1. The van der Waals surface area contributed by atoms with E-state index in [1.807, 2.05) is 29.6 Å². The Hall–Kier alpha value is -1.96. The van der Waals surface area contributed by atoms with Crippen molar-refractivity contribution >= 4 is 46.4 Å². The van der Waals surface area contributed by atoms with Crippen molar-refractivity contribution in [1.82, 2.24) is 4.98 Å². The van der Waals surface area contributed by atoms with Gasteiger partial charge < -0.3 is 16.4 Å². The van der Waals surface area contributed by atoms with E-state index in [0.717, 1.165) is 49.0 Å². The summed E-state index contributed by atoms with van der Waals surface area (Å²) in [4.78, 5) is 28.0. The minimum Gasteiger partial charge on any atom is -0.326 e. The van der Waals surface area contributed by atoms with Gasteiger partial charge in [0.1, 0.15) is 0 Å². The summed E-state index contributed by atoms with van der Waals surface area (Å²) in [6.07, 6.45) is 4.58. The third-order valence-corrected chi connectivity index (χ3v) is 5.18. The number of hydrogen-bond donors (Lipinski definition) is 3. The molecule has 26 heavy (non-hydrogen) atoms. The van der Waals surface area contributed by atoms with Crippen LogP contribution in [0.4, 0.5) is 10.8 Å². The summed E-state index contributed by atoms with van der Waals surface area (Å²) in [7, 11) is 0. The van der Waals surface area contributed by atoms with Gasteiger partial charge in [-0.2, -0.15) is 0 Å². The topological polar surface area (TPSA) is 97.1 Å². The summed E-state index contributed by atoms with van der Waals surface area (Å²) >= 11 is 1.38. The van der Waals surface area contributed by atoms with E-state index < -0.39 is 5.54 Å². The number of nitrogens with zero attached hydrogens (tertiary/aromatic N) is 1. The molecule has 2 aromatic rings. The molecule has 0 atom stereocenters. The number of anilines is 2. The van der Waals surface area contributed by atoms with Crippen LogP contribution in [0.1, 0.15) is 39.0 Å². The number of carbonyl (C=O) groups excluding carboxylic acids is 2. The van der Waals surface area contributed by atoms with Crippen molar-refractivity contribution in [3.63, 3.8) is 0 Å². The van der Waals surface area contributed by atoms with Crippen LogP contribution in [-0.4, -0.2) is 22.3 Å². The van der Waals surface area contributed by atoms with E-state index in [1.54, 1.807) is 0 Å². The van der Waals surface area contributed by atoms with Gasteiger partial charge in [-0.3, -0.25) is 9.59 Å². The Kier molecular flexibility index (Phi) is 6.75. The first-order valence-electron chi connectivity index (χ1n) is 8.40. The fraction of sp³-hybridized carbons (Fsp3) is 0.389. The molecule has 0 spiro atoms. The molecule has 0 radical (unpaired) electrons. The van der Waals surface area contributed by atoms with Crippen LogP contribution in [0.25, 0.3) is 11.3 Å². The van der Waals surface area contributed by atoms with Gasteiger partial charge in [-0.1, -0.05) is 31.4 Å².